The van der Waals surface area contributed by atoms with Crippen molar-refractivity contribution in [2.45, 2.75) is 37.8 Å². The van der Waals surface area contributed by atoms with Crippen LogP contribution in [0.2, 0.25) is 10.0 Å². The molecular formula is C27H29Cl2N3O4S. The summed E-state index contributed by atoms with van der Waals surface area (Å²) in [5.74, 6) is -0.870. The summed E-state index contributed by atoms with van der Waals surface area (Å²) in [7, 11) is -4.22. The maximum absolute atomic E-state index is 13.9. The number of amides is 2. The molecule has 2 amide bonds. The molecule has 0 saturated heterocycles. The molecule has 3 aromatic rings. The third-order valence-corrected chi connectivity index (χ3v) is 8.33. The third kappa shape index (κ3) is 6.83. The lowest BCUT2D eigenvalue weighted by Crippen LogP contribution is -2.52. The van der Waals surface area contributed by atoms with E-state index in [0.29, 0.717) is 13.0 Å². The summed E-state index contributed by atoms with van der Waals surface area (Å²) < 4.78 is 28.5. The van der Waals surface area contributed by atoms with Crippen molar-refractivity contribution in [1.82, 2.24) is 10.2 Å². The Bertz CT molecular complexity index is 1320. The number of carbonyl (C=O) groups is 2. The van der Waals surface area contributed by atoms with E-state index in [4.69, 9.17) is 23.2 Å². The fourth-order valence-corrected chi connectivity index (χ4v) is 5.80. The van der Waals surface area contributed by atoms with E-state index < -0.39 is 28.5 Å². The zero-order chi connectivity index (χ0) is 27.0. The van der Waals surface area contributed by atoms with Crippen LogP contribution in [0.5, 0.6) is 0 Å². The van der Waals surface area contributed by atoms with Crippen LogP contribution in [0.15, 0.2) is 83.8 Å². The molecule has 0 bridgehead atoms. The molecular weight excluding hydrogens is 533 g/mol. The number of carbonyl (C=O) groups excluding carboxylic acids is 2. The summed E-state index contributed by atoms with van der Waals surface area (Å²) in [4.78, 5) is 28.2. The van der Waals surface area contributed by atoms with Gasteiger partial charge >= 0.3 is 0 Å². The van der Waals surface area contributed by atoms with Crippen molar-refractivity contribution < 1.29 is 18.0 Å². The number of nitrogens with one attached hydrogen (secondary N) is 1. The highest BCUT2D eigenvalue weighted by Gasteiger charge is 2.34. The predicted molar refractivity (Wildman–Crippen MR) is 147 cm³/mol. The Hall–Kier alpha value is -3.07. The van der Waals surface area contributed by atoms with Crippen LogP contribution in [-0.4, -0.2) is 44.3 Å². The summed E-state index contributed by atoms with van der Waals surface area (Å²) in [5.41, 5.74) is 0.869. The summed E-state index contributed by atoms with van der Waals surface area (Å²) in [5, 5.41) is 2.92. The Balaban J connectivity index is 2.08. The molecule has 0 fully saturated rings. The third-order valence-electron chi connectivity index (χ3n) is 5.74. The van der Waals surface area contributed by atoms with E-state index >= 15 is 0 Å². The lowest BCUT2D eigenvalue weighted by molar-refractivity contribution is -0.140. The van der Waals surface area contributed by atoms with Gasteiger partial charge in [0.05, 0.1) is 20.6 Å². The van der Waals surface area contributed by atoms with Crippen molar-refractivity contribution in [3.8, 4) is 0 Å². The molecule has 1 N–H and O–H groups in total. The van der Waals surface area contributed by atoms with Crippen LogP contribution in [0, 0.1) is 0 Å². The highest BCUT2D eigenvalue weighted by atomic mass is 35.5. The molecule has 0 aliphatic heterocycles. The zero-order valence-electron chi connectivity index (χ0n) is 20.6. The number of sulfonamides is 1. The minimum Gasteiger partial charge on any atom is -0.355 e. The van der Waals surface area contributed by atoms with Gasteiger partial charge in [-0.1, -0.05) is 84.7 Å². The van der Waals surface area contributed by atoms with Crippen LogP contribution in [0.1, 0.15) is 25.8 Å². The van der Waals surface area contributed by atoms with Gasteiger partial charge < -0.3 is 10.2 Å². The standard InChI is InChI=1S/C27H29Cl2N3O4S/c1-3-23(27(34)30-4-2)31(18-20-12-7-5-8-13-20)25(33)19-32(24-17-11-16-22(28)26(24)29)37(35,36)21-14-9-6-10-15-21/h5-17,23H,3-4,18-19H2,1-2H3,(H,30,34)/t23-/m1/s1. The molecule has 37 heavy (non-hydrogen) atoms. The maximum Gasteiger partial charge on any atom is 0.264 e. The molecule has 0 aliphatic rings. The molecule has 0 saturated carbocycles. The topological polar surface area (TPSA) is 86.8 Å². The number of rotatable bonds is 11. The number of likely N-dealkylation sites (N-methyl/N-ethyl adjacent to an activating group) is 1. The number of anilines is 1. The van der Waals surface area contributed by atoms with Crippen molar-refractivity contribution in [2.24, 2.45) is 0 Å². The monoisotopic (exact) mass is 561 g/mol. The second-order valence-corrected chi connectivity index (χ2v) is 10.9. The Morgan fingerprint density at radius 1 is 0.892 bits per heavy atom. The highest BCUT2D eigenvalue weighted by Crippen LogP contribution is 2.35. The largest absolute Gasteiger partial charge is 0.355 e. The van der Waals surface area contributed by atoms with Gasteiger partial charge in [-0.2, -0.15) is 0 Å². The van der Waals surface area contributed by atoms with E-state index in [9.17, 15) is 18.0 Å². The Morgan fingerprint density at radius 3 is 2.11 bits per heavy atom. The number of nitrogens with zero attached hydrogens (tertiary/aromatic N) is 2. The normalized spacial score (nSPS) is 12.0. The van der Waals surface area contributed by atoms with Crippen LogP contribution in [0.25, 0.3) is 0 Å². The van der Waals surface area contributed by atoms with E-state index in [0.717, 1.165) is 9.87 Å². The van der Waals surface area contributed by atoms with Gasteiger partial charge in [0, 0.05) is 13.1 Å². The van der Waals surface area contributed by atoms with E-state index in [1.807, 2.05) is 30.3 Å². The average Bonchev–Trinajstić information content (AvgIpc) is 2.90. The van der Waals surface area contributed by atoms with Gasteiger partial charge in [0.1, 0.15) is 12.6 Å². The molecule has 0 unspecified atom stereocenters. The molecule has 0 heterocycles. The number of hydrogen-bond donors (Lipinski definition) is 1. The molecule has 0 aliphatic carbocycles. The van der Waals surface area contributed by atoms with Gasteiger partial charge in [-0.05, 0) is 43.2 Å². The summed E-state index contributed by atoms with van der Waals surface area (Å²) in [6.07, 6.45) is 0.341. The van der Waals surface area contributed by atoms with Crippen molar-refractivity contribution in [3.05, 3.63) is 94.5 Å². The lowest BCUT2D eigenvalue weighted by Gasteiger charge is -2.33. The second kappa shape index (κ2) is 12.9. The number of hydrogen-bond acceptors (Lipinski definition) is 4. The maximum atomic E-state index is 13.9. The van der Waals surface area contributed by atoms with Gasteiger partial charge in [-0.3, -0.25) is 13.9 Å². The SMILES string of the molecule is CCNC(=O)[C@@H](CC)N(Cc1ccccc1)C(=O)CN(c1cccc(Cl)c1Cl)S(=O)(=O)c1ccccc1. The van der Waals surface area contributed by atoms with Crippen LogP contribution >= 0.6 is 23.2 Å². The van der Waals surface area contributed by atoms with Crippen LogP contribution in [-0.2, 0) is 26.2 Å². The first-order valence-electron chi connectivity index (χ1n) is 11.8. The molecule has 7 nitrogen and oxygen atoms in total. The minimum atomic E-state index is -4.22. The fraction of sp³-hybridized carbons (Fsp3) is 0.259. The van der Waals surface area contributed by atoms with E-state index in [2.05, 4.69) is 5.32 Å². The van der Waals surface area contributed by atoms with Crippen LogP contribution in [0.4, 0.5) is 5.69 Å². The van der Waals surface area contributed by atoms with Gasteiger partial charge in [0.15, 0.2) is 0 Å². The predicted octanol–water partition coefficient (Wildman–Crippen LogP) is 5.13. The van der Waals surface area contributed by atoms with Crippen molar-refractivity contribution in [2.75, 3.05) is 17.4 Å². The Kier molecular flexibility index (Phi) is 9.97. The Labute approximate surface area is 228 Å². The first kappa shape index (κ1) is 28.5. The fourth-order valence-electron chi connectivity index (χ4n) is 3.91. The van der Waals surface area contributed by atoms with Gasteiger partial charge in [0.2, 0.25) is 11.8 Å². The summed E-state index contributed by atoms with van der Waals surface area (Å²) >= 11 is 12.6. The van der Waals surface area contributed by atoms with Crippen LogP contribution < -0.4 is 9.62 Å². The smallest absolute Gasteiger partial charge is 0.264 e. The van der Waals surface area contributed by atoms with E-state index in [-0.39, 0.29) is 33.1 Å². The number of benzene rings is 3. The van der Waals surface area contributed by atoms with Gasteiger partial charge in [0.25, 0.3) is 10.0 Å². The molecule has 10 heteroatoms. The average molecular weight is 563 g/mol. The van der Waals surface area contributed by atoms with Gasteiger partial charge in [-0.25, -0.2) is 8.42 Å². The van der Waals surface area contributed by atoms with Crippen molar-refractivity contribution in [3.63, 3.8) is 0 Å². The highest BCUT2D eigenvalue weighted by molar-refractivity contribution is 7.92. The lowest BCUT2D eigenvalue weighted by atomic mass is 10.1. The first-order chi connectivity index (χ1) is 17.7. The minimum absolute atomic E-state index is 0.00171. The molecule has 0 aromatic heterocycles. The molecule has 0 spiro atoms. The summed E-state index contributed by atoms with van der Waals surface area (Å²) in [6.45, 7) is 3.54. The number of halogens is 2. The van der Waals surface area contributed by atoms with Crippen molar-refractivity contribution in [1.29, 1.82) is 0 Å². The van der Waals surface area contributed by atoms with E-state index in [1.165, 1.54) is 29.2 Å². The Morgan fingerprint density at radius 2 is 1.51 bits per heavy atom. The van der Waals surface area contributed by atoms with Crippen molar-refractivity contribution >= 4 is 50.7 Å². The first-order valence-corrected chi connectivity index (χ1v) is 14.0. The molecule has 3 rings (SSSR count). The van der Waals surface area contributed by atoms with Crippen LogP contribution in [0.3, 0.4) is 0 Å². The second-order valence-electron chi connectivity index (χ2n) is 8.22. The molecule has 196 valence electrons. The summed E-state index contributed by atoms with van der Waals surface area (Å²) in [6, 6.07) is 20.8. The van der Waals surface area contributed by atoms with E-state index in [1.54, 1.807) is 38.1 Å². The molecule has 0 radical (unpaired) electrons. The molecule has 1 atom stereocenters. The quantitative estimate of drug-likeness (QED) is 0.351. The zero-order valence-corrected chi connectivity index (χ0v) is 22.9. The van der Waals surface area contributed by atoms with Gasteiger partial charge in [-0.15, -0.1) is 0 Å². The molecule has 3 aromatic carbocycles.